The number of carbonyl (C=O) groups excluding carboxylic acids is 1. The smallest absolute Gasteiger partial charge is 0.243 e. The molecule has 1 N–H and O–H groups in total. The van der Waals surface area contributed by atoms with E-state index in [4.69, 9.17) is 9.47 Å². The van der Waals surface area contributed by atoms with Crippen molar-refractivity contribution >= 4 is 5.91 Å². The topological polar surface area (TPSA) is 47.6 Å². The van der Waals surface area contributed by atoms with Gasteiger partial charge in [-0.1, -0.05) is 6.58 Å². The van der Waals surface area contributed by atoms with Crippen LogP contribution in [0.4, 0.5) is 0 Å². The second-order valence-corrected chi connectivity index (χ2v) is 4.57. The van der Waals surface area contributed by atoms with E-state index in [1.54, 1.807) is 0 Å². The first-order valence-corrected chi connectivity index (χ1v) is 5.90. The Morgan fingerprint density at radius 1 is 1.56 bits per heavy atom. The SMILES string of the molecule is C=CC(=O)NCC1CCC2(CCCOC2)O1. The van der Waals surface area contributed by atoms with Crippen molar-refractivity contribution in [3.63, 3.8) is 0 Å². The Kier molecular flexibility index (Phi) is 3.61. The maximum Gasteiger partial charge on any atom is 0.243 e. The molecular formula is C12H19NO3. The number of nitrogens with one attached hydrogen (secondary N) is 1. The quantitative estimate of drug-likeness (QED) is 0.729. The third kappa shape index (κ3) is 2.62. The van der Waals surface area contributed by atoms with Crippen LogP contribution in [0.5, 0.6) is 0 Å². The van der Waals surface area contributed by atoms with Gasteiger partial charge in [-0.3, -0.25) is 4.79 Å². The molecular weight excluding hydrogens is 206 g/mol. The summed E-state index contributed by atoms with van der Waals surface area (Å²) < 4.78 is 11.5. The van der Waals surface area contributed by atoms with Crippen LogP contribution in [0.3, 0.4) is 0 Å². The minimum Gasteiger partial charge on any atom is -0.378 e. The highest BCUT2D eigenvalue weighted by Gasteiger charge is 2.41. The van der Waals surface area contributed by atoms with Crippen LogP contribution >= 0.6 is 0 Å². The summed E-state index contributed by atoms with van der Waals surface area (Å²) in [6.45, 7) is 5.55. The number of rotatable bonds is 3. The van der Waals surface area contributed by atoms with Gasteiger partial charge in [-0.05, 0) is 31.8 Å². The highest BCUT2D eigenvalue weighted by Crippen LogP contribution is 2.36. The fourth-order valence-electron chi connectivity index (χ4n) is 2.44. The molecule has 0 aliphatic carbocycles. The largest absolute Gasteiger partial charge is 0.378 e. The first-order chi connectivity index (χ1) is 7.74. The zero-order valence-electron chi connectivity index (χ0n) is 9.54. The molecule has 90 valence electrons. The third-order valence-electron chi connectivity index (χ3n) is 3.31. The van der Waals surface area contributed by atoms with Crippen molar-refractivity contribution in [1.82, 2.24) is 5.32 Å². The molecule has 2 rings (SSSR count). The van der Waals surface area contributed by atoms with Crippen LogP contribution < -0.4 is 5.32 Å². The van der Waals surface area contributed by atoms with Gasteiger partial charge in [0.05, 0.1) is 18.3 Å². The number of hydrogen-bond donors (Lipinski definition) is 1. The van der Waals surface area contributed by atoms with E-state index < -0.39 is 0 Å². The van der Waals surface area contributed by atoms with E-state index >= 15 is 0 Å². The molecule has 16 heavy (non-hydrogen) atoms. The first-order valence-electron chi connectivity index (χ1n) is 5.90. The van der Waals surface area contributed by atoms with Crippen LogP contribution in [0.2, 0.25) is 0 Å². The monoisotopic (exact) mass is 225 g/mol. The summed E-state index contributed by atoms with van der Waals surface area (Å²) in [7, 11) is 0. The fraction of sp³-hybridized carbons (Fsp3) is 0.750. The van der Waals surface area contributed by atoms with E-state index in [0.29, 0.717) is 13.2 Å². The molecule has 2 aliphatic heterocycles. The molecule has 4 heteroatoms. The predicted molar refractivity (Wildman–Crippen MR) is 60.1 cm³/mol. The van der Waals surface area contributed by atoms with Gasteiger partial charge in [0.1, 0.15) is 0 Å². The Bertz CT molecular complexity index is 271. The average Bonchev–Trinajstić information content (AvgIpc) is 2.70. The molecule has 2 saturated heterocycles. The lowest BCUT2D eigenvalue weighted by molar-refractivity contribution is -0.125. The summed E-state index contributed by atoms with van der Waals surface area (Å²) in [6, 6.07) is 0. The summed E-state index contributed by atoms with van der Waals surface area (Å²) in [5.41, 5.74) is -0.0676. The molecule has 2 atom stereocenters. The van der Waals surface area contributed by atoms with Gasteiger partial charge in [-0.25, -0.2) is 0 Å². The van der Waals surface area contributed by atoms with Crippen molar-refractivity contribution < 1.29 is 14.3 Å². The summed E-state index contributed by atoms with van der Waals surface area (Å²) in [5, 5.41) is 2.77. The number of carbonyl (C=O) groups is 1. The maximum atomic E-state index is 11.0. The highest BCUT2D eigenvalue weighted by molar-refractivity contribution is 5.86. The molecule has 1 spiro atoms. The van der Waals surface area contributed by atoms with Crippen molar-refractivity contribution in [2.24, 2.45) is 0 Å². The van der Waals surface area contributed by atoms with Crippen LogP contribution in [-0.4, -0.2) is 37.4 Å². The van der Waals surface area contributed by atoms with Gasteiger partial charge in [-0.2, -0.15) is 0 Å². The Morgan fingerprint density at radius 2 is 2.44 bits per heavy atom. The van der Waals surface area contributed by atoms with E-state index in [1.807, 2.05) is 0 Å². The summed E-state index contributed by atoms with van der Waals surface area (Å²) in [6.07, 6.45) is 5.62. The molecule has 4 nitrogen and oxygen atoms in total. The van der Waals surface area contributed by atoms with Gasteiger partial charge >= 0.3 is 0 Å². The van der Waals surface area contributed by atoms with Crippen LogP contribution in [0.1, 0.15) is 25.7 Å². The molecule has 0 bridgehead atoms. The zero-order valence-corrected chi connectivity index (χ0v) is 9.54. The Labute approximate surface area is 96.0 Å². The number of hydrogen-bond acceptors (Lipinski definition) is 3. The first kappa shape index (κ1) is 11.6. The number of amides is 1. The van der Waals surface area contributed by atoms with Crippen LogP contribution in [0, 0.1) is 0 Å². The Hall–Kier alpha value is -0.870. The molecule has 0 aromatic rings. The van der Waals surface area contributed by atoms with Crippen LogP contribution in [0.25, 0.3) is 0 Å². The lowest BCUT2D eigenvalue weighted by Gasteiger charge is -2.33. The van der Waals surface area contributed by atoms with Crippen LogP contribution in [-0.2, 0) is 14.3 Å². The molecule has 2 unspecified atom stereocenters. The van der Waals surface area contributed by atoms with Gasteiger partial charge in [0.2, 0.25) is 5.91 Å². The van der Waals surface area contributed by atoms with Gasteiger partial charge < -0.3 is 14.8 Å². The van der Waals surface area contributed by atoms with Crippen LogP contribution in [0.15, 0.2) is 12.7 Å². The molecule has 0 aromatic heterocycles. The van der Waals surface area contributed by atoms with Gasteiger partial charge in [0.25, 0.3) is 0 Å². The van der Waals surface area contributed by atoms with Crippen molar-refractivity contribution in [3.8, 4) is 0 Å². The van der Waals surface area contributed by atoms with E-state index in [-0.39, 0.29) is 17.6 Å². The standard InChI is InChI=1S/C12H19NO3/c1-2-11(14)13-8-10-4-6-12(16-10)5-3-7-15-9-12/h2,10H,1,3-9H2,(H,13,14). The normalized spacial score (nSPS) is 33.9. The second kappa shape index (κ2) is 4.97. The van der Waals surface area contributed by atoms with Gasteiger partial charge in [0.15, 0.2) is 0 Å². The molecule has 0 radical (unpaired) electrons. The molecule has 0 aromatic carbocycles. The van der Waals surface area contributed by atoms with Crippen molar-refractivity contribution in [3.05, 3.63) is 12.7 Å². The average molecular weight is 225 g/mol. The van der Waals surface area contributed by atoms with Gasteiger partial charge in [0, 0.05) is 13.2 Å². The molecule has 2 aliphatic rings. The summed E-state index contributed by atoms with van der Waals surface area (Å²) >= 11 is 0. The predicted octanol–water partition coefficient (Wildman–Crippen LogP) is 1.02. The van der Waals surface area contributed by atoms with E-state index in [0.717, 1.165) is 32.3 Å². The molecule has 1 amide bonds. The van der Waals surface area contributed by atoms with E-state index in [2.05, 4.69) is 11.9 Å². The number of ether oxygens (including phenoxy) is 2. The minimum absolute atomic E-state index is 0.0676. The maximum absolute atomic E-state index is 11.0. The van der Waals surface area contributed by atoms with E-state index in [1.165, 1.54) is 6.08 Å². The summed E-state index contributed by atoms with van der Waals surface area (Å²) in [5.74, 6) is -0.135. The summed E-state index contributed by atoms with van der Waals surface area (Å²) in [4.78, 5) is 11.0. The second-order valence-electron chi connectivity index (χ2n) is 4.57. The molecule has 0 saturated carbocycles. The fourth-order valence-corrected chi connectivity index (χ4v) is 2.44. The Morgan fingerprint density at radius 3 is 3.12 bits per heavy atom. The Balaban J connectivity index is 1.78. The highest BCUT2D eigenvalue weighted by atomic mass is 16.6. The lowest BCUT2D eigenvalue weighted by atomic mass is 9.93. The lowest BCUT2D eigenvalue weighted by Crippen LogP contribution is -2.40. The van der Waals surface area contributed by atoms with Crippen molar-refractivity contribution in [2.45, 2.75) is 37.4 Å². The zero-order chi connectivity index (χ0) is 11.4. The van der Waals surface area contributed by atoms with E-state index in [9.17, 15) is 4.79 Å². The molecule has 2 fully saturated rings. The minimum atomic E-state index is -0.135. The van der Waals surface area contributed by atoms with Crippen molar-refractivity contribution in [2.75, 3.05) is 19.8 Å². The van der Waals surface area contributed by atoms with Gasteiger partial charge in [-0.15, -0.1) is 0 Å². The van der Waals surface area contributed by atoms with Crippen molar-refractivity contribution in [1.29, 1.82) is 0 Å². The molecule has 2 heterocycles. The third-order valence-corrected chi connectivity index (χ3v) is 3.31.